The largest absolute Gasteiger partial charge is 0.478 e. The molecule has 2 rings (SSSR count). The number of hydrogen-bond acceptors (Lipinski definition) is 3. The van der Waals surface area contributed by atoms with E-state index in [1.807, 2.05) is 0 Å². The molecule has 0 aliphatic heterocycles. The first-order valence-corrected chi connectivity index (χ1v) is 5.07. The molecule has 0 saturated carbocycles. The Labute approximate surface area is 101 Å². The number of carboxylic acid groups (broad SMARTS) is 1. The number of benzene rings is 1. The van der Waals surface area contributed by atoms with Crippen LogP contribution in [0.15, 0.2) is 24.3 Å². The molecule has 0 fully saturated rings. The maximum absolute atomic E-state index is 12.2. The van der Waals surface area contributed by atoms with E-state index in [4.69, 9.17) is 5.11 Å². The Morgan fingerprint density at radius 2 is 2.17 bits per heavy atom. The Morgan fingerprint density at radius 3 is 2.78 bits per heavy atom. The molecule has 4 nitrogen and oxygen atoms in total. The third-order valence-electron chi connectivity index (χ3n) is 2.38. The van der Waals surface area contributed by atoms with Gasteiger partial charge in [-0.25, -0.2) is 9.78 Å². The summed E-state index contributed by atoms with van der Waals surface area (Å²) in [5.74, 6) is -1.27. The van der Waals surface area contributed by atoms with Crippen LogP contribution in [0.2, 0.25) is 0 Å². The van der Waals surface area contributed by atoms with Crippen LogP contribution in [0.25, 0.3) is 10.9 Å². The van der Waals surface area contributed by atoms with Crippen LogP contribution in [0.3, 0.4) is 0 Å². The van der Waals surface area contributed by atoms with E-state index in [1.165, 1.54) is 24.3 Å². The fourth-order valence-electron chi connectivity index (χ4n) is 1.72. The van der Waals surface area contributed by atoms with Crippen LogP contribution in [0.4, 0.5) is 8.78 Å². The van der Waals surface area contributed by atoms with Crippen LogP contribution in [-0.2, 0) is 0 Å². The topological polar surface area (TPSA) is 59.4 Å². The molecule has 1 aromatic heterocycles. The summed E-state index contributed by atoms with van der Waals surface area (Å²) in [5, 5.41) is 9.33. The zero-order valence-corrected chi connectivity index (χ0v) is 9.35. The summed E-state index contributed by atoms with van der Waals surface area (Å²) in [5.41, 5.74) is 0.553. The third kappa shape index (κ3) is 2.22. The quantitative estimate of drug-likeness (QED) is 0.913. The molecule has 0 atom stereocenters. The standard InChI is InChI=1S/C12H9F2NO3/c1-6-5-8(11(16)17)7-3-2-4-9(10(7)15-6)18-12(13)14/h2-5,12H,1H3,(H,16,17). The van der Waals surface area contributed by atoms with Crippen LogP contribution in [0.5, 0.6) is 5.75 Å². The van der Waals surface area contributed by atoms with E-state index in [1.54, 1.807) is 6.92 Å². The van der Waals surface area contributed by atoms with Crippen molar-refractivity contribution in [2.24, 2.45) is 0 Å². The molecule has 0 aliphatic carbocycles. The predicted octanol–water partition coefficient (Wildman–Crippen LogP) is 2.84. The molecule has 1 N–H and O–H groups in total. The highest BCUT2D eigenvalue weighted by Crippen LogP contribution is 2.28. The Hall–Kier alpha value is -2.24. The summed E-state index contributed by atoms with van der Waals surface area (Å²) in [6.07, 6.45) is 0. The van der Waals surface area contributed by atoms with Crippen molar-refractivity contribution >= 4 is 16.9 Å². The highest BCUT2D eigenvalue weighted by atomic mass is 19.3. The van der Waals surface area contributed by atoms with Crippen LogP contribution in [-0.4, -0.2) is 22.7 Å². The summed E-state index contributed by atoms with van der Waals surface area (Å²) in [4.78, 5) is 15.1. The number of hydrogen-bond donors (Lipinski definition) is 1. The molecule has 2 aromatic rings. The number of ether oxygens (including phenoxy) is 1. The molecule has 0 saturated heterocycles. The lowest BCUT2D eigenvalue weighted by Crippen LogP contribution is -2.05. The Balaban J connectivity index is 2.73. The molecule has 6 heteroatoms. The first kappa shape index (κ1) is 12.2. The van der Waals surface area contributed by atoms with Gasteiger partial charge in [0.05, 0.1) is 5.56 Å². The number of aryl methyl sites for hydroxylation is 1. The van der Waals surface area contributed by atoms with E-state index in [9.17, 15) is 13.6 Å². The van der Waals surface area contributed by atoms with Gasteiger partial charge >= 0.3 is 12.6 Å². The first-order valence-electron chi connectivity index (χ1n) is 5.07. The van der Waals surface area contributed by atoms with Gasteiger partial charge in [0.1, 0.15) is 5.52 Å². The van der Waals surface area contributed by atoms with Crippen molar-refractivity contribution in [1.82, 2.24) is 4.98 Å². The summed E-state index contributed by atoms with van der Waals surface area (Å²) >= 11 is 0. The minimum absolute atomic E-state index is 0.0113. The van der Waals surface area contributed by atoms with Crippen molar-refractivity contribution in [3.05, 3.63) is 35.5 Å². The molecule has 94 valence electrons. The van der Waals surface area contributed by atoms with Crippen molar-refractivity contribution in [3.8, 4) is 5.75 Å². The number of halogens is 2. The van der Waals surface area contributed by atoms with Gasteiger partial charge in [-0.15, -0.1) is 0 Å². The Bertz CT molecular complexity index is 614. The molecule has 1 heterocycles. The number of carbonyl (C=O) groups is 1. The fraction of sp³-hybridized carbons (Fsp3) is 0.167. The average molecular weight is 253 g/mol. The Morgan fingerprint density at radius 1 is 1.44 bits per heavy atom. The van der Waals surface area contributed by atoms with Gasteiger partial charge in [-0.2, -0.15) is 8.78 Å². The summed E-state index contributed by atoms with van der Waals surface area (Å²) in [7, 11) is 0. The van der Waals surface area contributed by atoms with E-state index in [2.05, 4.69) is 9.72 Å². The van der Waals surface area contributed by atoms with Crippen LogP contribution >= 0.6 is 0 Å². The van der Waals surface area contributed by atoms with Crippen LogP contribution in [0.1, 0.15) is 16.1 Å². The second kappa shape index (κ2) is 4.56. The molecule has 18 heavy (non-hydrogen) atoms. The SMILES string of the molecule is Cc1cc(C(=O)O)c2cccc(OC(F)F)c2n1. The van der Waals surface area contributed by atoms with Gasteiger partial charge in [-0.3, -0.25) is 0 Å². The number of aromatic nitrogens is 1. The lowest BCUT2D eigenvalue weighted by molar-refractivity contribution is -0.0489. The monoisotopic (exact) mass is 253 g/mol. The van der Waals surface area contributed by atoms with E-state index in [0.29, 0.717) is 5.69 Å². The zero-order valence-electron chi connectivity index (χ0n) is 9.35. The van der Waals surface area contributed by atoms with Crippen molar-refractivity contribution in [3.63, 3.8) is 0 Å². The number of alkyl halides is 2. The molecular formula is C12H9F2NO3. The molecule has 0 bridgehead atoms. The van der Waals surface area contributed by atoms with Gasteiger partial charge in [0.25, 0.3) is 0 Å². The molecule has 0 aliphatic rings. The van der Waals surface area contributed by atoms with E-state index in [-0.39, 0.29) is 22.2 Å². The molecule has 0 radical (unpaired) electrons. The lowest BCUT2D eigenvalue weighted by atomic mass is 10.1. The predicted molar refractivity (Wildman–Crippen MR) is 60.1 cm³/mol. The maximum atomic E-state index is 12.2. The van der Waals surface area contributed by atoms with Crippen LogP contribution in [0, 0.1) is 6.92 Å². The van der Waals surface area contributed by atoms with Crippen molar-refractivity contribution < 1.29 is 23.4 Å². The number of carboxylic acids is 1. The highest BCUT2D eigenvalue weighted by molar-refractivity contribution is 6.04. The summed E-state index contributed by atoms with van der Waals surface area (Å²) < 4.78 is 28.8. The van der Waals surface area contributed by atoms with Gasteiger partial charge in [-0.05, 0) is 19.1 Å². The smallest absolute Gasteiger partial charge is 0.387 e. The number of aromatic carboxylic acids is 1. The summed E-state index contributed by atoms with van der Waals surface area (Å²) in [6, 6.07) is 5.66. The maximum Gasteiger partial charge on any atom is 0.387 e. The van der Waals surface area contributed by atoms with Gasteiger partial charge in [0.15, 0.2) is 5.75 Å². The van der Waals surface area contributed by atoms with Gasteiger partial charge in [0.2, 0.25) is 0 Å². The number of nitrogens with zero attached hydrogens (tertiary/aromatic N) is 1. The number of pyridine rings is 1. The molecule has 0 amide bonds. The number of fused-ring (bicyclic) bond motifs is 1. The zero-order chi connectivity index (χ0) is 13.3. The van der Waals surface area contributed by atoms with E-state index >= 15 is 0 Å². The molecule has 1 aromatic carbocycles. The van der Waals surface area contributed by atoms with Crippen molar-refractivity contribution in [2.45, 2.75) is 13.5 Å². The summed E-state index contributed by atoms with van der Waals surface area (Å²) in [6.45, 7) is -1.39. The minimum atomic E-state index is -2.98. The number of rotatable bonds is 3. The Kier molecular flexibility index (Phi) is 3.10. The minimum Gasteiger partial charge on any atom is -0.478 e. The highest BCUT2D eigenvalue weighted by Gasteiger charge is 2.15. The second-order valence-electron chi connectivity index (χ2n) is 3.65. The second-order valence-corrected chi connectivity index (χ2v) is 3.65. The van der Waals surface area contributed by atoms with Gasteiger partial charge < -0.3 is 9.84 Å². The van der Waals surface area contributed by atoms with Crippen molar-refractivity contribution in [2.75, 3.05) is 0 Å². The third-order valence-corrected chi connectivity index (χ3v) is 2.38. The normalized spacial score (nSPS) is 10.9. The van der Waals surface area contributed by atoms with E-state index in [0.717, 1.165) is 0 Å². The molecule has 0 spiro atoms. The number of para-hydroxylation sites is 1. The van der Waals surface area contributed by atoms with Crippen molar-refractivity contribution in [1.29, 1.82) is 0 Å². The van der Waals surface area contributed by atoms with Gasteiger partial charge in [-0.1, -0.05) is 12.1 Å². The molecular weight excluding hydrogens is 244 g/mol. The van der Waals surface area contributed by atoms with Crippen LogP contribution < -0.4 is 4.74 Å². The molecule has 0 unspecified atom stereocenters. The van der Waals surface area contributed by atoms with Gasteiger partial charge in [0, 0.05) is 11.1 Å². The average Bonchev–Trinajstić information content (AvgIpc) is 2.28. The first-order chi connectivity index (χ1) is 8.49. The van der Waals surface area contributed by atoms with E-state index < -0.39 is 12.6 Å². The lowest BCUT2D eigenvalue weighted by Gasteiger charge is -2.09. The fourth-order valence-corrected chi connectivity index (χ4v) is 1.72.